The smallest absolute Gasteiger partial charge is 0.358 e. The van der Waals surface area contributed by atoms with E-state index in [1.54, 1.807) is 20.2 Å². The summed E-state index contributed by atoms with van der Waals surface area (Å²) in [6.45, 7) is 4.64. The summed E-state index contributed by atoms with van der Waals surface area (Å²) in [5.74, 6) is -0.411. The van der Waals surface area contributed by atoms with Gasteiger partial charge in [-0.25, -0.2) is 9.78 Å². The number of imidazole rings is 1. The average molecular weight is 291 g/mol. The van der Waals surface area contributed by atoms with Crippen LogP contribution in [0.15, 0.2) is 10.9 Å². The Hall–Kier alpha value is -0.880. The standard InChI is InChI=1S/C10H15BrN2O3/c1-4-16-9(14)8-5-13(10(11)12-8)7(2)6-15-3/h5,7H,4,6H2,1-3H3. The first-order valence-electron chi connectivity index (χ1n) is 5.00. The van der Waals surface area contributed by atoms with Gasteiger partial charge in [-0.1, -0.05) is 0 Å². The highest BCUT2D eigenvalue weighted by Crippen LogP contribution is 2.17. The molecule has 1 rings (SSSR count). The molecule has 0 saturated heterocycles. The van der Waals surface area contributed by atoms with Gasteiger partial charge in [0.05, 0.1) is 19.3 Å². The zero-order valence-corrected chi connectivity index (χ0v) is 11.2. The van der Waals surface area contributed by atoms with Gasteiger partial charge in [0.2, 0.25) is 0 Å². The van der Waals surface area contributed by atoms with Crippen molar-refractivity contribution in [1.82, 2.24) is 9.55 Å². The second-order valence-electron chi connectivity index (χ2n) is 3.33. The van der Waals surface area contributed by atoms with E-state index in [-0.39, 0.29) is 6.04 Å². The minimum Gasteiger partial charge on any atom is -0.461 e. The van der Waals surface area contributed by atoms with Gasteiger partial charge in [-0.2, -0.15) is 0 Å². The monoisotopic (exact) mass is 290 g/mol. The first kappa shape index (κ1) is 13.2. The lowest BCUT2D eigenvalue weighted by atomic mass is 10.3. The molecule has 1 aromatic rings. The zero-order valence-electron chi connectivity index (χ0n) is 9.57. The van der Waals surface area contributed by atoms with Gasteiger partial charge in [0.25, 0.3) is 0 Å². The van der Waals surface area contributed by atoms with Gasteiger partial charge in [0.1, 0.15) is 0 Å². The summed E-state index contributed by atoms with van der Waals surface area (Å²) in [5, 5.41) is 0. The molecule has 5 nitrogen and oxygen atoms in total. The van der Waals surface area contributed by atoms with Crippen LogP contribution in [0, 0.1) is 0 Å². The third kappa shape index (κ3) is 3.05. The van der Waals surface area contributed by atoms with Gasteiger partial charge < -0.3 is 14.0 Å². The summed E-state index contributed by atoms with van der Waals surface area (Å²) in [7, 11) is 1.63. The molecule has 16 heavy (non-hydrogen) atoms. The van der Waals surface area contributed by atoms with Gasteiger partial charge in [-0.15, -0.1) is 0 Å². The van der Waals surface area contributed by atoms with Crippen molar-refractivity contribution >= 4 is 21.9 Å². The van der Waals surface area contributed by atoms with E-state index in [0.29, 0.717) is 23.6 Å². The predicted octanol–water partition coefficient (Wildman–Crippen LogP) is 2.03. The van der Waals surface area contributed by atoms with Crippen molar-refractivity contribution in [3.05, 3.63) is 16.6 Å². The van der Waals surface area contributed by atoms with E-state index >= 15 is 0 Å². The molecule has 1 aromatic heterocycles. The molecule has 1 unspecified atom stereocenters. The number of carbonyl (C=O) groups excluding carboxylic acids is 1. The fourth-order valence-corrected chi connectivity index (χ4v) is 1.95. The van der Waals surface area contributed by atoms with Crippen LogP contribution in [-0.2, 0) is 9.47 Å². The molecule has 0 N–H and O–H groups in total. The van der Waals surface area contributed by atoms with Crippen LogP contribution in [0.1, 0.15) is 30.4 Å². The normalized spacial score (nSPS) is 12.5. The summed E-state index contributed by atoms with van der Waals surface area (Å²) in [6.07, 6.45) is 1.66. The van der Waals surface area contributed by atoms with E-state index in [2.05, 4.69) is 20.9 Å². The third-order valence-corrected chi connectivity index (χ3v) is 2.64. The second kappa shape index (κ2) is 6.00. The molecule has 0 aliphatic carbocycles. The molecule has 1 atom stereocenters. The van der Waals surface area contributed by atoms with Crippen LogP contribution in [-0.4, -0.2) is 35.8 Å². The number of ether oxygens (including phenoxy) is 2. The van der Waals surface area contributed by atoms with Crippen molar-refractivity contribution in [2.75, 3.05) is 20.3 Å². The van der Waals surface area contributed by atoms with E-state index < -0.39 is 5.97 Å². The average Bonchev–Trinajstić information content (AvgIpc) is 2.61. The molecule has 0 fully saturated rings. The lowest BCUT2D eigenvalue weighted by Crippen LogP contribution is -2.10. The van der Waals surface area contributed by atoms with E-state index in [4.69, 9.17) is 9.47 Å². The van der Waals surface area contributed by atoms with Gasteiger partial charge >= 0.3 is 5.97 Å². The summed E-state index contributed by atoms with van der Waals surface area (Å²) in [5.41, 5.74) is 0.302. The zero-order chi connectivity index (χ0) is 12.1. The fraction of sp³-hybridized carbons (Fsp3) is 0.600. The summed E-state index contributed by atoms with van der Waals surface area (Å²) >= 11 is 3.30. The van der Waals surface area contributed by atoms with Gasteiger partial charge in [-0.3, -0.25) is 0 Å². The summed E-state index contributed by atoms with van der Waals surface area (Å²) in [6, 6.07) is 0.107. The first-order valence-corrected chi connectivity index (χ1v) is 5.79. The highest BCUT2D eigenvalue weighted by atomic mass is 79.9. The minimum absolute atomic E-state index is 0.107. The first-order chi connectivity index (χ1) is 7.60. The third-order valence-electron chi connectivity index (χ3n) is 2.05. The number of carbonyl (C=O) groups is 1. The van der Waals surface area contributed by atoms with Crippen molar-refractivity contribution in [2.24, 2.45) is 0 Å². The molecule has 6 heteroatoms. The molecule has 0 radical (unpaired) electrons. The van der Waals surface area contributed by atoms with Crippen LogP contribution in [0.3, 0.4) is 0 Å². The lowest BCUT2D eigenvalue weighted by Gasteiger charge is -2.12. The maximum Gasteiger partial charge on any atom is 0.358 e. The van der Waals surface area contributed by atoms with Gasteiger partial charge in [-0.05, 0) is 29.8 Å². The van der Waals surface area contributed by atoms with Crippen molar-refractivity contribution < 1.29 is 14.3 Å². The van der Waals surface area contributed by atoms with Crippen LogP contribution in [0.4, 0.5) is 0 Å². The molecule has 0 amide bonds. The van der Waals surface area contributed by atoms with Gasteiger partial charge in [0, 0.05) is 13.3 Å². The Balaban J connectivity index is 2.84. The molecule has 0 aliphatic heterocycles. The van der Waals surface area contributed by atoms with Crippen LogP contribution >= 0.6 is 15.9 Å². The Morgan fingerprint density at radius 3 is 2.94 bits per heavy atom. The molecule has 90 valence electrons. The number of hydrogen-bond donors (Lipinski definition) is 0. The lowest BCUT2D eigenvalue weighted by molar-refractivity contribution is 0.0519. The van der Waals surface area contributed by atoms with Crippen LogP contribution < -0.4 is 0 Å². The SMILES string of the molecule is CCOC(=O)c1cn(C(C)COC)c(Br)n1. The highest BCUT2D eigenvalue weighted by Gasteiger charge is 2.16. The quantitative estimate of drug-likeness (QED) is 0.779. The fourth-order valence-electron chi connectivity index (χ4n) is 1.30. The minimum atomic E-state index is -0.411. The molecular formula is C10H15BrN2O3. The van der Waals surface area contributed by atoms with Crippen LogP contribution in [0.5, 0.6) is 0 Å². The molecule has 0 saturated carbocycles. The number of rotatable bonds is 5. The highest BCUT2D eigenvalue weighted by molar-refractivity contribution is 9.10. The van der Waals surface area contributed by atoms with E-state index in [9.17, 15) is 4.79 Å². The van der Waals surface area contributed by atoms with Crippen molar-refractivity contribution in [3.63, 3.8) is 0 Å². The predicted molar refractivity (Wildman–Crippen MR) is 62.5 cm³/mol. The van der Waals surface area contributed by atoms with E-state index in [0.717, 1.165) is 0 Å². The summed E-state index contributed by atoms with van der Waals surface area (Å²) in [4.78, 5) is 15.5. The van der Waals surface area contributed by atoms with Gasteiger partial charge in [0.15, 0.2) is 10.4 Å². The van der Waals surface area contributed by atoms with Crippen LogP contribution in [0.25, 0.3) is 0 Å². The number of hydrogen-bond acceptors (Lipinski definition) is 4. The Morgan fingerprint density at radius 2 is 2.38 bits per heavy atom. The summed E-state index contributed by atoms with van der Waals surface area (Å²) < 4.78 is 12.3. The topological polar surface area (TPSA) is 53.4 Å². The molecule has 1 heterocycles. The van der Waals surface area contributed by atoms with Crippen molar-refractivity contribution in [1.29, 1.82) is 0 Å². The Bertz CT molecular complexity index is 365. The number of esters is 1. The Labute approximate surface area is 103 Å². The molecule has 0 bridgehead atoms. The molecule has 0 spiro atoms. The maximum atomic E-state index is 11.4. The maximum absolute atomic E-state index is 11.4. The number of nitrogens with zero attached hydrogens (tertiary/aromatic N) is 2. The Kier molecular flexibility index (Phi) is 4.95. The number of aromatic nitrogens is 2. The largest absolute Gasteiger partial charge is 0.461 e. The number of halogens is 1. The van der Waals surface area contributed by atoms with Crippen molar-refractivity contribution in [3.8, 4) is 0 Å². The van der Waals surface area contributed by atoms with Crippen LogP contribution in [0.2, 0.25) is 0 Å². The number of methoxy groups -OCH3 is 1. The second-order valence-corrected chi connectivity index (χ2v) is 4.04. The van der Waals surface area contributed by atoms with Crippen molar-refractivity contribution in [2.45, 2.75) is 19.9 Å². The molecule has 0 aromatic carbocycles. The molecular weight excluding hydrogens is 276 g/mol. The Morgan fingerprint density at radius 1 is 1.69 bits per heavy atom. The van der Waals surface area contributed by atoms with E-state index in [1.807, 2.05) is 11.5 Å². The molecule has 0 aliphatic rings. The van der Waals surface area contributed by atoms with E-state index in [1.165, 1.54) is 0 Å².